The fourth-order valence-corrected chi connectivity index (χ4v) is 6.07. The number of aliphatic hydroxyl groups is 1. The fourth-order valence-electron chi connectivity index (χ4n) is 4.65. The van der Waals surface area contributed by atoms with Crippen LogP contribution in [-0.4, -0.2) is 76.5 Å². The van der Waals surface area contributed by atoms with E-state index in [0.29, 0.717) is 16.9 Å². The molecular formula is C32H35FN2O9S. The van der Waals surface area contributed by atoms with E-state index in [4.69, 9.17) is 18.9 Å². The van der Waals surface area contributed by atoms with Crippen molar-refractivity contribution in [2.75, 3.05) is 40.5 Å². The van der Waals surface area contributed by atoms with Crippen molar-refractivity contribution < 1.29 is 46.5 Å². The van der Waals surface area contributed by atoms with E-state index >= 15 is 0 Å². The first-order valence-electron chi connectivity index (χ1n) is 14.1. The smallest absolute Gasteiger partial charge is 0.337 e. The van der Waals surface area contributed by atoms with Gasteiger partial charge in [0.25, 0.3) is 5.91 Å². The Labute approximate surface area is 261 Å². The highest BCUT2D eigenvalue weighted by atomic mass is 32.2. The number of nitrogens with one attached hydrogen (secondary N) is 1. The molecule has 2 atom stereocenters. The molecule has 1 aliphatic heterocycles. The van der Waals surface area contributed by atoms with Crippen molar-refractivity contribution in [2.24, 2.45) is 0 Å². The molecule has 2 N–H and O–H groups in total. The van der Waals surface area contributed by atoms with Crippen molar-refractivity contribution in [2.45, 2.75) is 30.1 Å². The molecule has 2 unspecified atom stereocenters. The van der Waals surface area contributed by atoms with Crippen LogP contribution in [0.2, 0.25) is 0 Å². The van der Waals surface area contributed by atoms with Crippen LogP contribution in [0.1, 0.15) is 33.8 Å². The first-order chi connectivity index (χ1) is 21.6. The standard InChI is InChI=1S/C32H35FN2O9S/c1-41-27-11-13-28(14-12-27)45(39,40)35(15-17-36)16-18-43-30-20-25(23-5-7-24(8-6-23)32(38)42-2)19-29(44-30)31(37)34-21-22-3-9-26(33)10-4-22/h3-14,19,25,30,36H,15-18,20-21H2,1-2H3,(H,34,37). The Balaban J connectivity index is 1.47. The number of esters is 1. The summed E-state index contributed by atoms with van der Waals surface area (Å²) in [5, 5.41) is 12.3. The summed E-state index contributed by atoms with van der Waals surface area (Å²) in [6, 6.07) is 18.3. The Morgan fingerprint density at radius 2 is 1.69 bits per heavy atom. The SMILES string of the molecule is COC(=O)c1ccc(C2C=C(C(=O)NCc3ccc(F)cc3)OC(OCCN(CCO)S(=O)(=O)c3ccc(OC)cc3)C2)cc1. The number of nitrogens with zero attached hydrogens (tertiary/aromatic N) is 1. The Bertz CT molecular complexity index is 1580. The lowest BCUT2D eigenvalue weighted by molar-refractivity contribution is -0.146. The van der Waals surface area contributed by atoms with Crippen molar-refractivity contribution in [3.8, 4) is 5.75 Å². The molecule has 3 aromatic carbocycles. The second kappa shape index (κ2) is 15.6. The molecule has 1 amide bonds. The third-order valence-electron chi connectivity index (χ3n) is 7.10. The summed E-state index contributed by atoms with van der Waals surface area (Å²) in [4.78, 5) is 25.1. The maximum atomic E-state index is 13.3. The van der Waals surface area contributed by atoms with E-state index in [2.05, 4.69) is 5.32 Å². The lowest BCUT2D eigenvalue weighted by atomic mass is 9.92. The molecule has 1 aliphatic rings. The molecule has 1 heterocycles. The van der Waals surface area contributed by atoms with E-state index < -0.39 is 34.8 Å². The molecule has 3 aromatic rings. The van der Waals surface area contributed by atoms with Gasteiger partial charge in [-0.2, -0.15) is 4.31 Å². The molecular weight excluding hydrogens is 607 g/mol. The maximum absolute atomic E-state index is 13.3. The summed E-state index contributed by atoms with van der Waals surface area (Å²) < 4.78 is 62.6. The Morgan fingerprint density at radius 3 is 2.31 bits per heavy atom. The molecule has 0 aromatic heterocycles. The maximum Gasteiger partial charge on any atom is 0.337 e. The van der Waals surface area contributed by atoms with E-state index in [9.17, 15) is 27.5 Å². The van der Waals surface area contributed by atoms with Crippen molar-refractivity contribution >= 4 is 21.9 Å². The number of sulfonamides is 1. The highest BCUT2D eigenvalue weighted by Crippen LogP contribution is 2.32. The molecule has 13 heteroatoms. The van der Waals surface area contributed by atoms with Gasteiger partial charge in [-0.1, -0.05) is 24.3 Å². The highest BCUT2D eigenvalue weighted by Gasteiger charge is 2.30. The third-order valence-corrected chi connectivity index (χ3v) is 9.01. The summed E-state index contributed by atoms with van der Waals surface area (Å²) in [5.74, 6) is -1.25. The van der Waals surface area contributed by atoms with Crippen LogP contribution in [0.4, 0.5) is 4.39 Å². The van der Waals surface area contributed by atoms with Gasteiger partial charge in [0.1, 0.15) is 11.6 Å². The van der Waals surface area contributed by atoms with Gasteiger partial charge in [-0.3, -0.25) is 4.79 Å². The second-order valence-electron chi connectivity index (χ2n) is 10.0. The normalized spacial score (nSPS) is 16.4. The van der Waals surface area contributed by atoms with Crippen molar-refractivity contribution in [1.82, 2.24) is 9.62 Å². The molecule has 0 aliphatic carbocycles. The predicted octanol–water partition coefficient (Wildman–Crippen LogP) is 3.35. The minimum absolute atomic E-state index is 0.00604. The van der Waals surface area contributed by atoms with Crippen molar-refractivity contribution in [3.63, 3.8) is 0 Å². The van der Waals surface area contributed by atoms with Gasteiger partial charge in [-0.25, -0.2) is 17.6 Å². The van der Waals surface area contributed by atoms with Gasteiger partial charge < -0.3 is 29.4 Å². The number of allylic oxidation sites excluding steroid dienone is 1. The number of methoxy groups -OCH3 is 2. The van der Waals surface area contributed by atoms with Crippen LogP contribution in [0.25, 0.3) is 0 Å². The van der Waals surface area contributed by atoms with Gasteiger partial charge in [0.05, 0.1) is 37.9 Å². The summed E-state index contributed by atoms with van der Waals surface area (Å²) >= 11 is 0. The van der Waals surface area contributed by atoms with Gasteiger partial charge in [-0.05, 0) is 65.7 Å². The average Bonchev–Trinajstić information content (AvgIpc) is 3.07. The lowest BCUT2D eigenvalue weighted by Crippen LogP contribution is -2.38. The van der Waals surface area contributed by atoms with E-state index in [1.807, 2.05) is 0 Å². The van der Waals surface area contributed by atoms with Crippen LogP contribution >= 0.6 is 0 Å². The number of halogens is 1. The number of rotatable bonds is 14. The number of hydrogen-bond donors (Lipinski definition) is 2. The summed E-state index contributed by atoms with van der Waals surface area (Å²) in [5.41, 5.74) is 1.84. The predicted molar refractivity (Wildman–Crippen MR) is 161 cm³/mol. The monoisotopic (exact) mass is 642 g/mol. The number of amides is 1. The first-order valence-corrected chi connectivity index (χ1v) is 15.5. The number of ether oxygens (including phenoxy) is 4. The minimum Gasteiger partial charge on any atom is -0.497 e. The number of benzene rings is 3. The molecule has 240 valence electrons. The van der Waals surface area contributed by atoms with Gasteiger partial charge in [0, 0.05) is 32.0 Å². The van der Waals surface area contributed by atoms with Crippen LogP contribution < -0.4 is 10.1 Å². The summed E-state index contributed by atoms with van der Waals surface area (Å²) in [6.45, 7) is -0.625. The highest BCUT2D eigenvalue weighted by molar-refractivity contribution is 7.89. The van der Waals surface area contributed by atoms with Crippen LogP contribution in [0.15, 0.2) is 89.5 Å². The van der Waals surface area contributed by atoms with Crippen LogP contribution in [0, 0.1) is 5.82 Å². The minimum atomic E-state index is -3.96. The number of aliphatic hydroxyl groups excluding tert-OH is 1. The number of carbonyl (C=O) groups excluding carboxylic acids is 2. The van der Waals surface area contributed by atoms with E-state index in [-0.39, 0.29) is 55.1 Å². The van der Waals surface area contributed by atoms with Gasteiger partial charge in [-0.15, -0.1) is 0 Å². The Morgan fingerprint density at radius 1 is 1.00 bits per heavy atom. The molecule has 11 nitrogen and oxygen atoms in total. The van der Waals surface area contributed by atoms with Crippen molar-refractivity contribution in [3.05, 3.63) is 107 Å². The zero-order valence-corrected chi connectivity index (χ0v) is 25.7. The largest absolute Gasteiger partial charge is 0.497 e. The average molecular weight is 643 g/mol. The molecule has 0 radical (unpaired) electrons. The lowest BCUT2D eigenvalue weighted by Gasteiger charge is -2.30. The molecule has 45 heavy (non-hydrogen) atoms. The summed E-state index contributed by atoms with van der Waals surface area (Å²) in [7, 11) is -1.19. The fraction of sp³-hybridized carbons (Fsp3) is 0.312. The first kappa shape index (κ1) is 33.6. The van der Waals surface area contributed by atoms with E-state index in [1.165, 1.54) is 50.6 Å². The van der Waals surface area contributed by atoms with Crippen LogP contribution in [-0.2, 0) is 35.6 Å². The molecule has 0 fully saturated rings. The van der Waals surface area contributed by atoms with Crippen molar-refractivity contribution in [1.29, 1.82) is 0 Å². The second-order valence-corrected chi connectivity index (χ2v) is 12.0. The zero-order chi connectivity index (χ0) is 32.4. The zero-order valence-electron chi connectivity index (χ0n) is 24.8. The molecule has 0 spiro atoms. The number of carbonyl (C=O) groups is 2. The third kappa shape index (κ3) is 8.88. The molecule has 0 saturated heterocycles. The quantitative estimate of drug-likeness (QED) is 0.253. The Hall–Kier alpha value is -4.30. The van der Waals surface area contributed by atoms with E-state index in [1.54, 1.807) is 42.5 Å². The number of hydrogen-bond acceptors (Lipinski definition) is 9. The Kier molecular flexibility index (Phi) is 11.7. The van der Waals surface area contributed by atoms with E-state index in [0.717, 1.165) is 9.87 Å². The molecule has 0 saturated carbocycles. The summed E-state index contributed by atoms with van der Waals surface area (Å²) in [6.07, 6.45) is 1.02. The van der Waals surface area contributed by atoms with Gasteiger partial charge in [0.2, 0.25) is 16.3 Å². The van der Waals surface area contributed by atoms with Crippen LogP contribution in [0.5, 0.6) is 5.75 Å². The topological polar surface area (TPSA) is 141 Å². The van der Waals surface area contributed by atoms with Gasteiger partial charge in [0.15, 0.2) is 5.76 Å². The van der Waals surface area contributed by atoms with Gasteiger partial charge >= 0.3 is 5.97 Å². The molecule has 0 bridgehead atoms. The van der Waals surface area contributed by atoms with Crippen LogP contribution in [0.3, 0.4) is 0 Å². The molecule has 4 rings (SSSR count).